The van der Waals surface area contributed by atoms with Gasteiger partial charge in [-0.2, -0.15) is 0 Å². The number of nitrogens with zero attached hydrogens (tertiary/aromatic N) is 3. The van der Waals surface area contributed by atoms with Gasteiger partial charge in [-0.1, -0.05) is 6.92 Å². The molecule has 0 spiro atoms. The Morgan fingerprint density at radius 3 is 2.62 bits per heavy atom. The molecule has 0 radical (unpaired) electrons. The van der Waals surface area contributed by atoms with Gasteiger partial charge in [0.1, 0.15) is 5.75 Å². The number of hydrogen-bond acceptors (Lipinski definition) is 4. The second-order valence-corrected chi connectivity index (χ2v) is 6.97. The third kappa shape index (κ3) is 3.52. The van der Waals surface area contributed by atoms with Crippen molar-refractivity contribution >= 4 is 11.8 Å². The molecule has 130 valence electrons. The lowest BCUT2D eigenvalue weighted by Gasteiger charge is -2.37. The molecule has 2 saturated heterocycles. The lowest BCUT2D eigenvalue weighted by molar-refractivity contribution is -0.138. The van der Waals surface area contributed by atoms with Gasteiger partial charge in [0.2, 0.25) is 5.91 Å². The van der Waals surface area contributed by atoms with Gasteiger partial charge >= 0.3 is 0 Å². The summed E-state index contributed by atoms with van der Waals surface area (Å²) in [5.74, 6) is 0.316. The number of carbonyl (C=O) groups excluding carboxylic acids is 2. The van der Waals surface area contributed by atoms with Gasteiger partial charge in [-0.15, -0.1) is 0 Å². The predicted molar refractivity (Wildman–Crippen MR) is 89.5 cm³/mol. The molecule has 3 rings (SSSR count). The number of hydrogen-bond donors (Lipinski definition) is 1. The minimum Gasteiger partial charge on any atom is -0.505 e. The summed E-state index contributed by atoms with van der Waals surface area (Å²) >= 11 is 0. The molecule has 2 fully saturated rings. The average Bonchev–Trinajstić information content (AvgIpc) is 2.62. The molecule has 1 N–H and O–H groups in total. The lowest BCUT2D eigenvalue weighted by Crippen LogP contribution is -2.48. The fourth-order valence-electron chi connectivity index (χ4n) is 3.56. The van der Waals surface area contributed by atoms with E-state index < -0.39 is 0 Å². The van der Waals surface area contributed by atoms with Crippen molar-refractivity contribution in [3.8, 4) is 5.75 Å². The zero-order chi connectivity index (χ0) is 17.1. The summed E-state index contributed by atoms with van der Waals surface area (Å²) in [7, 11) is 0. The molecule has 2 aliphatic heterocycles. The second-order valence-electron chi connectivity index (χ2n) is 6.97. The van der Waals surface area contributed by atoms with Crippen LogP contribution in [0.4, 0.5) is 0 Å². The largest absolute Gasteiger partial charge is 0.505 e. The fraction of sp³-hybridized carbons (Fsp3) is 0.611. The number of aromatic nitrogens is 1. The van der Waals surface area contributed by atoms with Gasteiger partial charge in [-0.25, -0.2) is 4.98 Å². The maximum absolute atomic E-state index is 12.8. The van der Waals surface area contributed by atoms with Gasteiger partial charge in [0.15, 0.2) is 5.69 Å². The Morgan fingerprint density at radius 2 is 1.92 bits per heavy atom. The highest BCUT2D eigenvalue weighted by molar-refractivity contribution is 5.95. The number of carbonyl (C=O) groups is 2. The highest BCUT2D eigenvalue weighted by Crippen LogP contribution is 2.25. The van der Waals surface area contributed by atoms with Gasteiger partial charge < -0.3 is 14.9 Å². The molecule has 3 heterocycles. The Kier molecular flexibility index (Phi) is 5.02. The van der Waals surface area contributed by atoms with E-state index in [9.17, 15) is 14.7 Å². The smallest absolute Gasteiger partial charge is 0.276 e. The monoisotopic (exact) mass is 331 g/mol. The van der Waals surface area contributed by atoms with Crippen LogP contribution in [-0.4, -0.2) is 57.9 Å². The number of piperidine rings is 2. The molecule has 6 nitrogen and oxygen atoms in total. The van der Waals surface area contributed by atoms with Gasteiger partial charge in [0.05, 0.1) is 5.92 Å². The lowest BCUT2D eigenvalue weighted by atomic mass is 9.93. The van der Waals surface area contributed by atoms with Crippen LogP contribution in [0.2, 0.25) is 0 Å². The van der Waals surface area contributed by atoms with E-state index in [0.29, 0.717) is 19.0 Å². The summed E-state index contributed by atoms with van der Waals surface area (Å²) in [6.07, 6.45) is 5.24. The molecule has 0 saturated carbocycles. The summed E-state index contributed by atoms with van der Waals surface area (Å²) in [5.41, 5.74) is 0.0670. The SMILES string of the molecule is CC1CCN(C(=O)C2CCCN(C(=O)c3ncccc3O)C2)CC1. The normalized spacial score (nSPS) is 22.5. The molecule has 2 aliphatic rings. The molecule has 0 aromatic carbocycles. The van der Waals surface area contributed by atoms with Crippen molar-refractivity contribution in [1.82, 2.24) is 14.8 Å². The van der Waals surface area contributed by atoms with Crippen LogP contribution >= 0.6 is 0 Å². The topological polar surface area (TPSA) is 73.7 Å². The van der Waals surface area contributed by atoms with E-state index in [0.717, 1.165) is 38.8 Å². The molecule has 0 aliphatic carbocycles. The highest BCUT2D eigenvalue weighted by atomic mass is 16.3. The highest BCUT2D eigenvalue weighted by Gasteiger charge is 2.33. The third-order valence-electron chi connectivity index (χ3n) is 5.14. The van der Waals surface area contributed by atoms with Crippen LogP contribution in [0.25, 0.3) is 0 Å². The van der Waals surface area contributed by atoms with E-state index in [1.54, 1.807) is 11.0 Å². The van der Waals surface area contributed by atoms with E-state index in [2.05, 4.69) is 11.9 Å². The Bertz CT molecular complexity index is 611. The Morgan fingerprint density at radius 1 is 1.17 bits per heavy atom. The molecule has 0 bridgehead atoms. The molecule has 2 amide bonds. The Hall–Kier alpha value is -2.11. The van der Waals surface area contributed by atoms with Crippen LogP contribution in [0.5, 0.6) is 5.75 Å². The summed E-state index contributed by atoms with van der Waals surface area (Å²) in [6.45, 7) is 4.90. The Balaban J connectivity index is 1.65. The molecular formula is C18H25N3O3. The standard InChI is InChI=1S/C18H25N3O3/c1-13-6-10-20(11-7-13)17(23)14-4-3-9-21(12-14)18(24)16-15(22)5-2-8-19-16/h2,5,8,13-14,22H,3-4,6-7,9-12H2,1H3. The first-order valence-electron chi connectivity index (χ1n) is 8.78. The van der Waals surface area contributed by atoms with Crippen molar-refractivity contribution < 1.29 is 14.7 Å². The Labute approximate surface area is 142 Å². The second kappa shape index (κ2) is 7.20. The third-order valence-corrected chi connectivity index (χ3v) is 5.14. The molecule has 1 aromatic heterocycles. The minimum absolute atomic E-state index is 0.0670. The number of pyridine rings is 1. The zero-order valence-electron chi connectivity index (χ0n) is 14.1. The van der Waals surface area contributed by atoms with Crippen LogP contribution < -0.4 is 0 Å². The molecule has 1 aromatic rings. The van der Waals surface area contributed by atoms with Crippen LogP contribution in [-0.2, 0) is 4.79 Å². The first-order valence-corrected chi connectivity index (χ1v) is 8.78. The van der Waals surface area contributed by atoms with Crippen LogP contribution in [0, 0.1) is 11.8 Å². The van der Waals surface area contributed by atoms with E-state index in [1.807, 2.05) is 4.90 Å². The summed E-state index contributed by atoms with van der Waals surface area (Å²) in [4.78, 5) is 32.9. The summed E-state index contributed by atoms with van der Waals surface area (Å²) in [5, 5.41) is 9.83. The molecule has 24 heavy (non-hydrogen) atoms. The number of rotatable bonds is 2. The molecule has 1 unspecified atom stereocenters. The van der Waals surface area contributed by atoms with Crippen LogP contribution in [0.3, 0.4) is 0 Å². The average molecular weight is 331 g/mol. The van der Waals surface area contributed by atoms with Gasteiger partial charge in [-0.05, 0) is 43.7 Å². The van der Waals surface area contributed by atoms with Crippen LogP contribution in [0.15, 0.2) is 18.3 Å². The van der Waals surface area contributed by atoms with Crippen molar-refractivity contribution in [2.45, 2.75) is 32.6 Å². The number of aromatic hydroxyl groups is 1. The van der Waals surface area contributed by atoms with Crippen molar-refractivity contribution in [2.75, 3.05) is 26.2 Å². The molecule has 6 heteroatoms. The fourth-order valence-corrected chi connectivity index (χ4v) is 3.56. The maximum Gasteiger partial charge on any atom is 0.276 e. The van der Waals surface area contributed by atoms with E-state index in [1.165, 1.54) is 12.3 Å². The van der Waals surface area contributed by atoms with Crippen molar-refractivity contribution in [2.24, 2.45) is 11.8 Å². The first-order chi connectivity index (χ1) is 11.6. The van der Waals surface area contributed by atoms with E-state index >= 15 is 0 Å². The summed E-state index contributed by atoms with van der Waals surface area (Å²) in [6, 6.07) is 3.05. The van der Waals surface area contributed by atoms with Crippen molar-refractivity contribution in [1.29, 1.82) is 0 Å². The number of likely N-dealkylation sites (tertiary alicyclic amines) is 2. The van der Waals surface area contributed by atoms with E-state index in [-0.39, 0.29) is 29.2 Å². The van der Waals surface area contributed by atoms with E-state index in [4.69, 9.17) is 0 Å². The zero-order valence-corrected chi connectivity index (χ0v) is 14.1. The summed E-state index contributed by atoms with van der Waals surface area (Å²) < 4.78 is 0. The van der Waals surface area contributed by atoms with Gasteiger partial charge in [0, 0.05) is 32.4 Å². The van der Waals surface area contributed by atoms with Crippen LogP contribution in [0.1, 0.15) is 43.1 Å². The first kappa shape index (κ1) is 16.7. The number of amides is 2. The molecule has 1 atom stereocenters. The maximum atomic E-state index is 12.8. The van der Waals surface area contributed by atoms with Gasteiger partial charge in [-0.3, -0.25) is 9.59 Å². The minimum atomic E-state index is -0.294. The van der Waals surface area contributed by atoms with Gasteiger partial charge in [0.25, 0.3) is 5.91 Å². The molecular weight excluding hydrogens is 306 g/mol. The van der Waals surface area contributed by atoms with Crippen molar-refractivity contribution in [3.05, 3.63) is 24.0 Å². The van der Waals surface area contributed by atoms with Crippen molar-refractivity contribution in [3.63, 3.8) is 0 Å². The predicted octanol–water partition coefficient (Wildman–Crippen LogP) is 1.90. The quantitative estimate of drug-likeness (QED) is 0.898.